The van der Waals surface area contributed by atoms with Gasteiger partial charge in [-0.05, 0) is 24.3 Å². The number of aliphatic hydroxyl groups excluding tert-OH is 1. The lowest BCUT2D eigenvalue weighted by Crippen LogP contribution is -2.44. The number of hydrogen-bond donors (Lipinski definition) is 2. The SMILES string of the molecule is CN(CC(=O)NC1CCCC1CO)S(=O)(=O)c1cccs1. The van der Waals surface area contributed by atoms with Gasteiger partial charge in [0, 0.05) is 25.6 Å². The van der Waals surface area contributed by atoms with Crippen molar-refractivity contribution in [2.24, 2.45) is 5.92 Å². The molecule has 0 saturated heterocycles. The van der Waals surface area contributed by atoms with Crippen molar-refractivity contribution >= 4 is 27.3 Å². The molecule has 2 N–H and O–H groups in total. The number of amides is 1. The monoisotopic (exact) mass is 332 g/mol. The van der Waals surface area contributed by atoms with E-state index in [1.54, 1.807) is 11.4 Å². The number of sulfonamides is 1. The highest BCUT2D eigenvalue weighted by Gasteiger charge is 2.29. The molecule has 1 aliphatic carbocycles. The van der Waals surface area contributed by atoms with Crippen LogP contribution in [-0.4, -0.2) is 50.0 Å². The topological polar surface area (TPSA) is 86.7 Å². The third-order valence-corrected chi connectivity index (χ3v) is 6.94. The van der Waals surface area contributed by atoms with E-state index in [9.17, 15) is 18.3 Å². The van der Waals surface area contributed by atoms with E-state index in [2.05, 4.69) is 5.32 Å². The summed E-state index contributed by atoms with van der Waals surface area (Å²) in [4.78, 5) is 12.0. The summed E-state index contributed by atoms with van der Waals surface area (Å²) < 4.78 is 25.7. The van der Waals surface area contributed by atoms with Gasteiger partial charge in [-0.1, -0.05) is 12.5 Å². The lowest BCUT2D eigenvalue weighted by atomic mass is 10.1. The largest absolute Gasteiger partial charge is 0.396 e. The fraction of sp³-hybridized carbons (Fsp3) is 0.615. The Bertz CT molecular complexity index is 571. The molecule has 0 aromatic carbocycles. The number of thiophene rings is 1. The van der Waals surface area contributed by atoms with E-state index < -0.39 is 10.0 Å². The third-order valence-electron chi connectivity index (χ3n) is 3.77. The molecule has 21 heavy (non-hydrogen) atoms. The summed E-state index contributed by atoms with van der Waals surface area (Å²) in [5, 5.41) is 13.7. The molecule has 2 unspecified atom stereocenters. The molecular formula is C13H20N2O4S2. The first kappa shape index (κ1) is 16.4. The van der Waals surface area contributed by atoms with Gasteiger partial charge in [-0.2, -0.15) is 4.31 Å². The second kappa shape index (κ2) is 6.87. The first-order valence-corrected chi connectivity index (χ1v) is 9.17. The minimum absolute atomic E-state index is 0.0499. The van der Waals surface area contributed by atoms with Crippen molar-refractivity contribution in [2.75, 3.05) is 20.2 Å². The van der Waals surface area contributed by atoms with Crippen molar-refractivity contribution in [1.29, 1.82) is 0 Å². The fourth-order valence-corrected chi connectivity index (χ4v) is 4.88. The van der Waals surface area contributed by atoms with E-state index in [-0.39, 0.29) is 35.2 Å². The van der Waals surface area contributed by atoms with E-state index in [1.165, 1.54) is 13.1 Å². The molecule has 0 aliphatic heterocycles. The molecule has 6 nitrogen and oxygen atoms in total. The number of nitrogens with one attached hydrogen (secondary N) is 1. The van der Waals surface area contributed by atoms with Gasteiger partial charge in [0.05, 0.1) is 6.54 Å². The quantitative estimate of drug-likeness (QED) is 0.801. The fourth-order valence-electron chi connectivity index (χ4n) is 2.55. The van der Waals surface area contributed by atoms with E-state index in [4.69, 9.17) is 0 Å². The number of rotatable bonds is 6. The summed E-state index contributed by atoms with van der Waals surface area (Å²) in [6.45, 7) is -0.164. The average molecular weight is 332 g/mol. The van der Waals surface area contributed by atoms with Gasteiger partial charge in [-0.3, -0.25) is 4.79 Å². The van der Waals surface area contributed by atoms with Crippen LogP contribution in [0.2, 0.25) is 0 Å². The minimum Gasteiger partial charge on any atom is -0.396 e. The number of nitrogens with zero attached hydrogens (tertiary/aromatic N) is 1. The van der Waals surface area contributed by atoms with Crippen molar-refractivity contribution < 1.29 is 18.3 Å². The normalized spacial score (nSPS) is 22.6. The smallest absolute Gasteiger partial charge is 0.252 e. The van der Waals surface area contributed by atoms with Gasteiger partial charge < -0.3 is 10.4 Å². The zero-order valence-electron chi connectivity index (χ0n) is 11.9. The Morgan fingerprint density at radius 3 is 2.90 bits per heavy atom. The number of carbonyl (C=O) groups is 1. The molecule has 1 fully saturated rings. The van der Waals surface area contributed by atoms with E-state index >= 15 is 0 Å². The highest BCUT2D eigenvalue weighted by Crippen LogP contribution is 2.25. The van der Waals surface area contributed by atoms with Gasteiger partial charge in [-0.15, -0.1) is 11.3 Å². The molecule has 8 heteroatoms. The molecule has 2 rings (SSSR count). The molecule has 0 bridgehead atoms. The zero-order chi connectivity index (χ0) is 15.5. The standard InChI is InChI=1S/C13H20N2O4S2/c1-15(21(18,19)13-6-3-7-20-13)8-12(17)14-11-5-2-4-10(11)9-16/h3,6-7,10-11,16H,2,4-5,8-9H2,1H3,(H,14,17). The van der Waals surface area contributed by atoms with Crippen molar-refractivity contribution in [3.05, 3.63) is 17.5 Å². The Hall–Kier alpha value is -0.960. The van der Waals surface area contributed by atoms with Crippen LogP contribution in [0, 0.1) is 5.92 Å². The number of likely N-dealkylation sites (N-methyl/N-ethyl adjacent to an activating group) is 1. The summed E-state index contributed by atoms with van der Waals surface area (Å²) in [6, 6.07) is 3.13. The third kappa shape index (κ3) is 3.82. The van der Waals surface area contributed by atoms with E-state index in [0.717, 1.165) is 34.9 Å². The van der Waals surface area contributed by atoms with Crippen LogP contribution >= 0.6 is 11.3 Å². The summed E-state index contributed by atoms with van der Waals surface area (Å²) in [5.74, 6) is -0.254. The molecule has 0 radical (unpaired) electrons. The molecule has 0 spiro atoms. The second-order valence-corrected chi connectivity index (χ2v) is 8.46. The number of aliphatic hydroxyl groups is 1. The highest BCUT2D eigenvalue weighted by atomic mass is 32.2. The molecule has 1 heterocycles. The summed E-state index contributed by atoms with van der Waals surface area (Å²) >= 11 is 1.13. The molecule has 1 aromatic rings. The molecular weight excluding hydrogens is 312 g/mol. The average Bonchev–Trinajstić information content (AvgIpc) is 3.09. The van der Waals surface area contributed by atoms with Gasteiger partial charge in [0.2, 0.25) is 5.91 Å². The first-order chi connectivity index (χ1) is 9.95. The predicted molar refractivity (Wildman–Crippen MR) is 80.5 cm³/mol. The van der Waals surface area contributed by atoms with Crippen LogP contribution in [0.25, 0.3) is 0 Å². The Morgan fingerprint density at radius 2 is 2.29 bits per heavy atom. The molecule has 1 amide bonds. The van der Waals surface area contributed by atoms with Crippen molar-refractivity contribution in [3.8, 4) is 0 Å². The maximum Gasteiger partial charge on any atom is 0.252 e. The first-order valence-electron chi connectivity index (χ1n) is 6.85. The van der Waals surface area contributed by atoms with Gasteiger partial charge in [0.25, 0.3) is 10.0 Å². The van der Waals surface area contributed by atoms with Crippen LogP contribution in [0.1, 0.15) is 19.3 Å². The van der Waals surface area contributed by atoms with Crippen LogP contribution in [0.4, 0.5) is 0 Å². The highest BCUT2D eigenvalue weighted by molar-refractivity contribution is 7.91. The Balaban J connectivity index is 1.93. The molecule has 2 atom stereocenters. The zero-order valence-corrected chi connectivity index (χ0v) is 13.5. The van der Waals surface area contributed by atoms with Crippen LogP contribution in [0.5, 0.6) is 0 Å². The molecule has 1 saturated carbocycles. The minimum atomic E-state index is -3.60. The van der Waals surface area contributed by atoms with Gasteiger partial charge in [0.15, 0.2) is 0 Å². The Labute approximate surface area is 128 Å². The van der Waals surface area contributed by atoms with Gasteiger partial charge >= 0.3 is 0 Å². The van der Waals surface area contributed by atoms with Crippen molar-refractivity contribution in [2.45, 2.75) is 29.5 Å². The van der Waals surface area contributed by atoms with Crippen LogP contribution in [0.15, 0.2) is 21.7 Å². The summed E-state index contributed by atoms with van der Waals surface area (Å²) in [5.41, 5.74) is 0. The second-order valence-electron chi connectivity index (χ2n) is 5.24. The maximum atomic E-state index is 12.2. The van der Waals surface area contributed by atoms with Gasteiger partial charge in [0.1, 0.15) is 4.21 Å². The summed E-state index contributed by atoms with van der Waals surface area (Å²) in [7, 11) is -2.21. The molecule has 118 valence electrons. The lowest BCUT2D eigenvalue weighted by Gasteiger charge is -2.21. The van der Waals surface area contributed by atoms with E-state index in [0.29, 0.717) is 0 Å². The Kier molecular flexibility index (Phi) is 5.37. The Morgan fingerprint density at radius 1 is 1.52 bits per heavy atom. The van der Waals surface area contributed by atoms with Crippen LogP contribution < -0.4 is 5.32 Å². The van der Waals surface area contributed by atoms with Crippen LogP contribution in [-0.2, 0) is 14.8 Å². The molecule has 1 aromatic heterocycles. The van der Waals surface area contributed by atoms with Crippen LogP contribution in [0.3, 0.4) is 0 Å². The lowest BCUT2D eigenvalue weighted by molar-refractivity contribution is -0.122. The number of carbonyl (C=O) groups excluding carboxylic acids is 1. The van der Waals surface area contributed by atoms with Gasteiger partial charge in [-0.25, -0.2) is 8.42 Å². The van der Waals surface area contributed by atoms with Crippen molar-refractivity contribution in [3.63, 3.8) is 0 Å². The predicted octanol–water partition coefficient (Wildman–Crippen LogP) is 0.646. The number of hydrogen-bond acceptors (Lipinski definition) is 5. The maximum absolute atomic E-state index is 12.2. The molecule has 1 aliphatic rings. The van der Waals surface area contributed by atoms with E-state index in [1.807, 2.05) is 0 Å². The van der Waals surface area contributed by atoms with Crippen molar-refractivity contribution in [1.82, 2.24) is 9.62 Å². The summed E-state index contributed by atoms with van der Waals surface area (Å²) in [6.07, 6.45) is 2.70.